The number of halogens is 1. The molecule has 0 fully saturated rings. The molecule has 10 heteroatoms. The molecule has 8 nitrogen and oxygen atoms in total. The molecule has 0 radical (unpaired) electrons. The van der Waals surface area contributed by atoms with Gasteiger partial charge in [-0.3, -0.25) is 4.79 Å². The second-order valence-electron chi connectivity index (χ2n) is 5.65. The van der Waals surface area contributed by atoms with Gasteiger partial charge in [0.25, 0.3) is 5.56 Å². The number of nitrogens with zero attached hydrogens (tertiary/aromatic N) is 2. The first-order valence-corrected chi connectivity index (χ1v) is 10.2. The Hall–Kier alpha value is -3.17. The van der Waals surface area contributed by atoms with Crippen LogP contribution in [0.3, 0.4) is 0 Å². The lowest BCUT2D eigenvalue weighted by Gasteiger charge is -2.12. The predicted molar refractivity (Wildman–Crippen MR) is 105 cm³/mol. The van der Waals surface area contributed by atoms with Gasteiger partial charge >= 0.3 is 16.1 Å². The molecule has 0 saturated heterocycles. The summed E-state index contributed by atoms with van der Waals surface area (Å²) >= 11 is 5.77. The van der Waals surface area contributed by atoms with Crippen molar-refractivity contribution < 1.29 is 22.1 Å². The Kier molecular flexibility index (Phi) is 6.00. The van der Waals surface area contributed by atoms with Crippen molar-refractivity contribution in [3.63, 3.8) is 0 Å². The summed E-state index contributed by atoms with van der Waals surface area (Å²) in [7, 11) is -4.35. The summed E-state index contributed by atoms with van der Waals surface area (Å²) in [5, 5.41) is 4.31. The van der Waals surface area contributed by atoms with Gasteiger partial charge in [0.2, 0.25) is 5.69 Å². The zero-order valence-corrected chi connectivity index (χ0v) is 16.7. The van der Waals surface area contributed by atoms with Gasteiger partial charge in [0.1, 0.15) is 4.90 Å². The monoisotopic (exact) mass is 434 g/mol. The van der Waals surface area contributed by atoms with E-state index >= 15 is 0 Å². The molecule has 2 aromatic carbocycles. The molecular formula is C19H15ClN2O6S. The fourth-order valence-electron chi connectivity index (χ4n) is 2.37. The zero-order chi connectivity index (χ0) is 21.0. The molecule has 0 aliphatic heterocycles. The highest BCUT2D eigenvalue weighted by Gasteiger charge is 2.25. The van der Waals surface area contributed by atoms with E-state index in [0.29, 0.717) is 10.7 Å². The third kappa shape index (κ3) is 4.64. The van der Waals surface area contributed by atoms with Crippen molar-refractivity contribution in [2.45, 2.75) is 11.8 Å². The molecule has 0 bridgehead atoms. The molecule has 0 N–H and O–H groups in total. The van der Waals surface area contributed by atoms with Crippen LogP contribution in [0.25, 0.3) is 5.69 Å². The maximum atomic E-state index is 12.6. The van der Waals surface area contributed by atoms with Crippen LogP contribution < -0.4 is 9.74 Å². The van der Waals surface area contributed by atoms with Gasteiger partial charge in [-0.2, -0.15) is 18.2 Å². The molecule has 0 spiro atoms. The van der Waals surface area contributed by atoms with Gasteiger partial charge in [-0.25, -0.2) is 4.79 Å². The number of benzene rings is 2. The summed E-state index contributed by atoms with van der Waals surface area (Å²) < 4.78 is 36.0. The molecule has 1 aromatic heterocycles. The van der Waals surface area contributed by atoms with Crippen LogP contribution >= 0.6 is 11.6 Å². The summed E-state index contributed by atoms with van der Waals surface area (Å²) in [6.07, 6.45) is 0. The van der Waals surface area contributed by atoms with E-state index in [1.54, 1.807) is 37.3 Å². The van der Waals surface area contributed by atoms with E-state index in [1.165, 1.54) is 24.3 Å². The first-order chi connectivity index (χ1) is 13.8. The smallest absolute Gasteiger partial charge is 0.362 e. The molecule has 0 unspecified atom stereocenters. The second kappa shape index (κ2) is 8.46. The third-order valence-corrected chi connectivity index (χ3v) is 5.17. The number of carbonyl (C=O) groups excluding carboxylic acids is 1. The number of ether oxygens (including phenoxy) is 1. The molecule has 0 amide bonds. The third-order valence-electron chi connectivity index (χ3n) is 3.67. The van der Waals surface area contributed by atoms with Crippen LogP contribution in [0.1, 0.15) is 17.4 Å². The van der Waals surface area contributed by atoms with E-state index in [2.05, 4.69) is 5.10 Å². The molecule has 0 saturated carbocycles. The number of esters is 1. The van der Waals surface area contributed by atoms with Crippen LogP contribution in [-0.4, -0.2) is 30.8 Å². The van der Waals surface area contributed by atoms with Gasteiger partial charge in [0, 0.05) is 5.02 Å². The average Bonchev–Trinajstić information content (AvgIpc) is 2.69. The minimum atomic E-state index is -4.35. The second-order valence-corrected chi connectivity index (χ2v) is 7.64. The van der Waals surface area contributed by atoms with Crippen molar-refractivity contribution in [2.24, 2.45) is 0 Å². The van der Waals surface area contributed by atoms with Crippen molar-refractivity contribution in [3.8, 4) is 11.4 Å². The van der Waals surface area contributed by atoms with Crippen LogP contribution in [0.15, 0.2) is 70.4 Å². The number of aromatic nitrogens is 2. The lowest BCUT2D eigenvalue weighted by Crippen LogP contribution is -2.26. The van der Waals surface area contributed by atoms with Gasteiger partial charge in [-0.05, 0) is 43.3 Å². The van der Waals surface area contributed by atoms with Crippen LogP contribution in [0.2, 0.25) is 5.02 Å². The SMILES string of the molecule is CCOC(=O)c1nn(-c2ccccc2)c(=O)cc1OS(=O)(=O)c1ccc(Cl)cc1. The molecule has 3 rings (SSSR count). The largest absolute Gasteiger partial charge is 0.461 e. The van der Waals surface area contributed by atoms with Gasteiger partial charge in [0.05, 0.1) is 18.4 Å². The van der Waals surface area contributed by atoms with Crippen LogP contribution in [-0.2, 0) is 14.9 Å². The highest BCUT2D eigenvalue weighted by molar-refractivity contribution is 7.87. The first-order valence-electron chi connectivity index (χ1n) is 8.39. The summed E-state index contributed by atoms with van der Waals surface area (Å²) in [5.41, 5.74) is -0.756. The Morgan fingerprint density at radius 3 is 2.38 bits per heavy atom. The number of hydrogen-bond donors (Lipinski definition) is 0. The van der Waals surface area contributed by atoms with Gasteiger partial charge in [-0.1, -0.05) is 29.8 Å². The lowest BCUT2D eigenvalue weighted by molar-refractivity contribution is 0.0515. The van der Waals surface area contributed by atoms with E-state index in [0.717, 1.165) is 10.7 Å². The van der Waals surface area contributed by atoms with Crippen molar-refractivity contribution in [2.75, 3.05) is 6.61 Å². The Labute approximate surface area is 171 Å². The lowest BCUT2D eigenvalue weighted by atomic mass is 10.3. The van der Waals surface area contributed by atoms with E-state index < -0.39 is 33.1 Å². The van der Waals surface area contributed by atoms with E-state index in [-0.39, 0.29) is 11.5 Å². The number of rotatable bonds is 6. The molecule has 1 heterocycles. The standard InChI is InChI=1S/C19H15ClN2O6S/c1-2-27-19(24)18-16(28-29(25,26)15-10-8-13(20)9-11-15)12-17(23)22(21-18)14-6-4-3-5-7-14/h3-12H,2H2,1H3. The fourth-order valence-corrected chi connectivity index (χ4v) is 3.42. The maximum absolute atomic E-state index is 12.6. The van der Waals surface area contributed by atoms with Crippen LogP contribution in [0, 0.1) is 0 Å². The molecule has 0 aliphatic rings. The summed E-state index contributed by atoms with van der Waals surface area (Å²) in [6, 6.07) is 14.4. The maximum Gasteiger partial charge on any atom is 0.362 e. The number of carbonyl (C=O) groups is 1. The zero-order valence-electron chi connectivity index (χ0n) is 15.1. The number of hydrogen-bond acceptors (Lipinski definition) is 7. The van der Waals surface area contributed by atoms with Crippen molar-refractivity contribution in [3.05, 3.63) is 81.7 Å². The number of para-hydroxylation sites is 1. The minimum absolute atomic E-state index is 0.0222. The van der Waals surface area contributed by atoms with E-state index in [1.807, 2.05) is 0 Å². The predicted octanol–water partition coefficient (Wildman–Crippen LogP) is 2.83. The summed E-state index contributed by atoms with van der Waals surface area (Å²) in [6.45, 7) is 1.60. The summed E-state index contributed by atoms with van der Waals surface area (Å²) in [5.74, 6) is -1.46. The first kappa shape index (κ1) is 20.6. The molecule has 0 aliphatic carbocycles. The highest BCUT2D eigenvalue weighted by atomic mass is 35.5. The van der Waals surface area contributed by atoms with Crippen LogP contribution in [0.5, 0.6) is 5.75 Å². The Morgan fingerprint density at radius 1 is 1.10 bits per heavy atom. The molecular weight excluding hydrogens is 420 g/mol. The van der Waals surface area contributed by atoms with E-state index in [9.17, 15) is 18.0 Å². The van der Waals surface area contributed by atoms with Gasteiger partial charge in [-0.15, -0.1) is 0 Å². The highest BCUT2D eigenvalue weighted by Crippen LogP contribution is 2.22. The van der Waals surface area contributed by atoms with Gasteiger partial charge in [0.15, 0.2) is 5.75 Å². The summed E-state index contributed by atoms with van der Waals surface area (Å²) in [4.78, 5) is 24.6. The van der Waals surface area contributed by atoms with Crippen molar-refractivity contribution in [1.82, 2.24) is 9.78 Å². The molecule has 29 heavy (non-hydrogen) atoms. The molecule has 3 aromatic rings. The quantitative estimate of drug-likeness (QED) is 0.434. The fraction of sp³-hybridized carbons (Fsp3) is 0.105. The van der Waals surface area contributed by atoms with Gasteiger partial charge < -0.3 is 8.92 Å². The Balaban J connectivity index is 2.10. The normalized spacial score (nSPS) is 11.1. The minimum Gasteiger partial charge on any atom is -0.461 e. The van der Waals surface area contributed by atoms with Crippen molar-refractivity contribution in [1.29, 1.82) is 0 Å². The topological polar surface area (TPSA) is 105 Å². The van der Waals surface area contributed by atoms with Crippen LogP contribution in [0.4, 0.5) is 0 Å². The van der Waals surface area contributed by atoms with Crippen molar-refractivity contribution >= 4 is 27.7 Å². The van der Waals surface area contributed by atoms with E-state index in [4.69, 9.17) is 20.5 Å². The Bertz CT molecular complexity index is 1190. The Morgan fingerprint density at radius 2 is 1.76 bits per heavy atom. The molecule has 150 valence electrons. The molecule has 0 atom stereocenters. The average molecular weight is 435 g/mol.